The molecule has 2 aliphatic rings. The summed E-state index contributed by atoms with van der Waals surface area (Å²) >= 11 is 1.80. The minimum Gasteiger partial charge on any atom is -0.396 e. The summed E-state index contributed by atoms with van der Waals surface area (Å²) in [5.41, 5.74) is 2.98. The van der Waals surface area contributed by atoms with Crippen LogP contribution in [-0.2, 0) is 11.3 Å². The molecule has 6 rings (SSSR count). The highest BCUT2D eigenvalue weighted by atomic mass is 32.1. The average Bonchev–Trinajstić information content (AvgIpc) is 3.50. The average molecular weight is 465 g/mol. The van der Waals surface area contributed by atoms with E-state index in [0.29, 0.717) is 19.1 Å². The van der Waals surface area contributed by atoms with E-state index in [9.17, 15) is 5.11 Å². The number of fused-ring (bicyclic) bond motifs is 2. The topological polar surface area (TPSA) is 90.4 Å². The second-order valence-electron chi connectivity index (χ2n) is 8.96. The number of ether oxygens (including phenoxy) is 1. The van der Waals surface area contributed by atoms with Gasteiger partial charge in [0.1, 0.15) is 0 Å². The van der Waals surface area contributed by atoms with Gasteiger partial charge in [-0.1, -0.05) is 12.1 Å². The number of rotatable bonds is 5. The van der Waals surface area contributed by atoms with E-state index in [-0.39, 0.29) is 6.61 Å². The quantitative estimate of drug-likeness (QED) is 0.468. The van der Waals surface area contributed by atoms with Crippen molar-refractivity contribution in [3.63, 3.8) is 0 Å². The number of aromatic amines is 1. The molecular weight excluding hydrogens is 436 g/mol. The van der Waals surface area contributed by atoms with E-state index in [0.717, 1.165) is 83.9 Å². The van der Waals surface area contributed by atoms with E-state index in [1.54, 1.807) is 11.3 Å². The number of nitrogens with zero attached hydrogens (tertiary/aromatic N) is 5. The van der Waals surface area contributed by atoms with Crippen molar-refractivity contribution in [3.8, 4) is 11.4 Å². The Hall–Kier alpha value is -2.59. The molecule has 2 saturated heterocycles. The maximum absolute atomic E-state index is 9.60. The molecule has 0 amide bonds. The van der Waals surface area contributed by atoms with Crippen molar-refractivity contribution in [1.29, 1.82) is 0 Å². The summed E-state index contributed by atoms with van der Waals surface area (Å²) in [6.45, 7) is 6.31. The van der Waals surface area contributed by atoms with E-state index >= 15 is 0 Å². The zero-order chi connectivity index (χ0) is 22.2. The van der Waals surface area contributed by atoms with Gasteiger partial charge >= 0.3 is 0 Å². The summed E-state index contributed by atoms with van der Waals surface area (Å²) in [6, 6.07) is 8.34. The van der Waals surface area contributed by atoms with Crippen LogP contribution in [0.2, 0.25) is 0 Å². The number of hydrogen-bond acceptors (Lipinski definition) is 8. The molecule has 9 heteroatoms. The van der Waals surface area contributed by atoms with Crippen LogP contribution in [-0.4, -0.2) is 76.2 Å². The Kier molecular flexibility index (Phi) is 5.71. The number of nitrogens with one attached hydrogen (secondary N) is 1. The number of benzene rings is 1. The van der Waals surface area contributed by atoms with Crippen LogP contribution in [0.25, 0.3) is 32.5 Å². The van der Waals surface area contributed by atoms with Crippen molar-refractivity contribution in [2.24, 2.45) is 5.92 Å². The normalized spacial score (nSPS) is 20.2. The standard InChI is InChI=1S/C24H28N6O2S/c31-15-16-3-2-6-29(13-16)14-17-11-21-22(33-17)24(30-7-9-32-10-8-30)27-23(26-21)18-4-1-5-20-19(18)12-25-28-20/h1,4-5,11-12,16,31H,2-3,6-10,13-15H2,(H,25,28). The zero-order valence-corrected chi connectivity index (χ0v) is 19.4. The first-order valence-electron chi connectivity index (χ1n) is 11.7. The van der Waals surface area contributed by atoms with E-state index in [2.05, 4.69) is 32.1 Å². The molecule has 1 aromatic carbocycles. The van der Waals surface area contributed by atoms with E-state index < -0.39 is 0 Å². The Morgan fingerprint density at radius 1 is 1.18 bits per heavy atom. The Balaban J connectivity index is 1.42. The summed E-state index contributed by atoms with van der Waals surface area (Å²) in [5, 5.41) is 17.9. The summed E-state index contributed by atoms with van der Waals surface area (Å²) in [5.74, 6) is 2.12. The predicted octanol–water partition coefficient (Wildman–Crippen LogP) is 3.28. The van der Waals surface area contributed by atoms with Gasteiger partial charge in [0.05, 0.1) is 35.1 Å². The first-order chi connectivity index (χ1) is 16.3. The number of piperidine rings is 1. The number of aromatic nitrogens is 4. The zero-order valence-electron chi connectivity index (χ0n) is 18.5. The highest BCUT2D eigenvalue weighted by molar-refractivity contribution is 7.19. The van der Waals surface area contributed by atoms with Crippen molar-refractivity contribution >= 4 is 38.3 Å². The third-order valence-corrected chi connectivity index (χ3v) is 7.79. The predicted molar refractivity (Wildman–Crippen MR) is 131 cm³/mol. The van der Waals surface area contributed by atoms with Crippen LogP contribution in [0.5, 0.6) is 0 Å². The van der Waals surface area contributed by atoms with Crippen LogP contribution in [0.1, 0.15) is 17.7 Å². The second-order valence-corrected chi connectivity index (χ2v) is 10.1. The number of aliphatic hydroxyl groups excluding tert-OH is 1. The number of H-pyrrole nitrogens is 1. The smallest absolute Gasteiger partial charge is 0.162 e. The first-order valence-corrected chi connectivity index (χ1v) is 12.5. The fraction of sp³-hybridized carbons (Fsp3) is 0.458. The monoisotopic (exact) mass is 464 g/mol. The van der Waals surface area contributed by atoms with Gasteiger partial charge in [-0.2, -0.15) is 5.10 Å². The van der Waals surface area contributed by atoms with Crippen molar-refractivity contribution in [2.45, 2.75) is 19.4 Å². The lowest BCUT2D eigenvalue weighted by Crippen LogP contribution is -2.36. The van der Waals surface area contributed by atoms with Gasteiger partial charge < -0.3 is 14.7 Å². The van der Waals surface area contributed by atoms with Gasteiger partial charge in [-0.15, -0.1) is 11.3 Å². The molecule has 5 heterocycles. The molecule has 2 N–H and O–H groups in total. The van der Waals surface area contributed by atoms with Crippen LogP contribution in [0, 0.1) is 5.92 Å². The lowest BCUT2D eigenvalue weighted by atomic mass is 9.99. The summed E-state index contributed by atoms with van der Waals surface area (Å²) in [4.78, 5) is 16.2. The van der Waals surface area contributed by atoms with Gasteiger partial charge in [0.15, 0.2) is 11.6 Å². The SMILES string of the molecule is OCC1CCCN(Cc2cc3nc(-c4cccc5[nH]ncc45)nc(N4CCOCC4)c3s2)C1. The second kappa shape index (κ2) is 8.98. The Morgan fingerprint density at radius 3 is 2.97 bits per heavy atom. The van der Waals surface area contributed by atoms with Crippen LogP contribution in [0.3, 0.4) is 0 Å². The number of morpholine rings is 1. The van der Waals surface area contributed by atoms with Gasteiger partial charge in [-0.3, -0.25) is 10.00 Å². The third-order valence-electron chi connectivity index (χ3n) is 6.68. The molecule has 0 bridgehead atoms. The van der Waals surface area contributed by atoms with Gasteiger partial charge in [0.2, 0.25) is 0 Å². The van der Waals surface area contributed by atoms with Crippen LogP contribution < -0.4 is 4.90 Å². The van der Waals surface area contributed by atoms with Crippen molar-refractivity contribution in [3.05, 3.63) is 35.3 Å². The fourth-order valence-electron chi connectivity index (χ4n) is 4.98. The molecular formula is C24H28N6O2S. The van der Waals surface area contributed by atoms with E-state index in [1.807, 2.05) is 18.3 Å². The molecule has 172 valence electrons. The van der Waals surface area contributed by atoms with Crippen molar-refractivity contribution < 1.29 is 9.84 Å². The molecule has 8 nitrogen and oxygen atoms in total. The maximum Gasteiger partial charge on any atom is 0.162 e. The molecule has 2 fully saturated rings. The fourth-order valence-corrected chi connectivity index (χ4v) is 6.13. The number of likely N-dealkylation sites (tertiary alicyclic amines) is 1. The number of hydrogen-bond donors (Lipinski definition) is 2. The Labute approximate surface area is 196 Å². The molecule has 0 aliphatic carbocycles. The molecule has 33 heavy (non-hydrogen) atoms. The molecule has 0 saturated carbocycles. The third kappa shape index (κ3) is 4.10. The summed E-state index contributed by atoms with van der Waals surface area (Å²) < 4.78 is 6.74. The molecule has 4 aromatic rings. The number of thiophene rings is 1. The minimum absolute atomic E-state index is 0.276. The Bertz CT molecular complexity index is 1260. The molecule has 0 spiro atoms. The van der Waals surface area contributed by atoms with Crippen LogP contribution in [0.15, 0.2) is 30.5 Å². The Morgan fingerprint density at radius 2 is 2.09 bits per heavy atom. The lowest BCUT2D eigenvalue weighted by molar-refractivity contribution is 0.116. The first kappa shape index (κ1) is 21.0. The molecule has 0 radical (unpaired) electrons. The van der Waals surface area contributed by atoms with Gasteiger partial charge in [-0.25, -0.2) is 9.97 Å². The minimum atomic E-state index is 0.276. The van der Waals surface area contributed by atoms with Crippen molar-refractivity contribution in [2.75, 3.05) is 50.9 Å². The molecule has 3 aromatic heterocycles. The van der Waals surface area contributed by atoms with Crippen LogP contribution >= 0.6 is 11.3 Å². The lowest BCUT2D eigenvalue weighted by Gasteiger charge is -2.31. The van der Waals surface area contributed by atoms with Gasteiger partial charge in [0, 0.05) is 48.6 Å². The number of aliphatic hydroxyl groups is 1. The highest BCUT2D eigenvalue weighted by Crippen LogP contribution is 2.36. The number of anilines is 1. The van der Waals surface area contributed by atoms with E-state index in [4.69, 9.17) is 14.7 Å². The molecule has 1 atom stereocenters. The van der Waals surface area contributed by atoms with Gasteiger partial charge in [0.25, 0.3) is 0 Å². The summed E-state index contributed by atoms with van der Waals surface area (Å²) in [7, 11) is 0. The van der Waals surface area contributed by atoms with Crippen molar-refractivity contribution in [1.82, 2.24) is 25.1 Å². The maximum atomic E-state index is 9.60. The highest BCUT2D eigenvalue weighted by Gasteiger charge is 2.23. The largest absolute Gasteiger partial charge is 0.396 e. The summed E-state index contributed by atoms with van der Waals surface area (Å²) in [6.07, 6.45) is 4.11. The molecule has 1 unspecified atom stereocenters. The van der Waals surface area contributed by atoms with Crippen LogP contribution in [0.4, 0.5) is 5.82 Å². The van der Waals surface area contributed by atoms with E-state index in [1.165, 1.54) is 4.88 Å². The van der Waals surface area contributed by atoms with Gasteiger partial charge in [-0.05, 0) is 37.4 Å². The molecule has 2 aliphatic heterocycles.